The third-order valence-corrected chi connectivity index (χ3v) is 7.49. The number of hydrogen-bond donors (Lipinski definition) is 2. The van der Waals surface area contributed by atoms with Gasteiger partial charge in [-0.25, -0.2) is 13.1 Å². The molecule has 1 atom stereocenters. The number of sulfonamides is 1. The van der Waals surface area contributed by atoms with Crippen LogP contribution in [-0.4, -0.2) is 20.1 Å². The fourth-order valence-corrected chi connectivity index (χ4v) is 5.33. The van der Waals surface area contributed by atoms with Gasteiger partial charge < -0.3 is 5.11 Å². The molecule has 0 aliphatic heterocycles. The zero-order chi connectivity index (χ0) is 15.8. The van der Waals surface area contributed by atoms with Crippen molar-refractivity contribution in [2.75, 3.05) is 6.54 Å². The van der Waals surface area contributed by atoms with E-state index in [1.165, 1.54) is 11.3 Å². The van der Waals surface area contributed by atoms with Gasteiger partial charge in [-0.15, -0.1) is 22.7 Å². The summed E-state index contributed by atoms with van der Waals surface area (Å²) in [5.41, 5.74) is -1.26. The Morgan fingerprint density at radius 1 is 1.23 bits per heavy atom. The largest absolute Gasteiger partial charge is 0.383 e. The molecule has 1 unspecified atom stereocenters. The van der Waals surface area contributed by atoms with Gasteiger partial charge in [0.15, 0.2) is 0 Å². The topological polar surface area (TPSA) is 66.4 Å². The average Bonchev–Trinajstić information content (AvgIpc) is 3.14. The molecular weight excluding hydrogens is 338 g/mol. The SMILES string of the molecule is CC(O)(CNS(=O)(=O)c1cccs1)c1cc2ccccc2s1. The first-order chi connectivity index (χ1) is 10.4. The molecule has 0 spiro atoms. The molecule has 2 heterocycles. The Bertz CT molecular complexity index is 847. The number of nitrogens with one attached hydrogen (secondary N) is 1. The summed E-state index contributed by atoms with van der Waals surface area (Å²) in [5.74, 6) is 0. The summed E-state index contributed by atoms with van der Waals surface area (Å²) in [6.07, 6.45) is 0. The summed E-state index contributed by atoms with van der Waals surface area (Å²) in [4.78, 5) is 0.738. The van der Waals surface area contributed by atoms with Crippen LogP contribution in [0.2, 0.25) is 0 Å². The maximum atomic E-state index is 12.1. The Kier molecular flexibility index (Phi) is 4.09. The summed E-state index contributed by atoms with van der Waals surface area (Å²) in [6, 6.07) is 13.0. The van der Waals surface area contributed by atoms with Crippen molar-refractivity contribution in [3.05, 3.63) is 52.7 Å². The molecule has 0 fully saturated rings. The van der Waals surface area contributed by atoms with E-state index in [9.17, 15) is 13.5 Å². The molecule has 7 heteroatoms. The molecular formula is C15H15NO3S3. The third kappa shape index (κ3) is 3.09. The molecule has 2 N–H and O–H groups in total. The van der Waals surface area contributed by atoms with Crippen molar-refractivity contribution in [2.45, 2.75) is 16.7 Å². The van der Waals surface area contributed by atoms with Crippen LogP contribution in [0.25, 0.3) is 10.1 Å². The number of benzene rings is 1. The van der Waals surface area contributed by atoms with Gasteiger partial charge >= 0.3 is 0 Å². The van der Waals surface area contributed by atoms with E-state index in [0.717, 1.165) is 26.3 Å². The van der Waals surface area contributed by atoms with Gasteiger partial charge in [0.05, 0.1) is 0 Å². The molecule has 0 aliphatic carbocycles. The molecule has 3 rings (SSSR count). The molecule has 0 bridgehead atoms. The molecule has 0 saturated carbocycles. The van der Waals surface area contributed by atoms with E-state index in [2.05, 4.69) is 4.72 Å². The first kappa shape index (κ1) is 15.6. The van der Waals surface area contributed by atoms with E-state index >= 15 is 0 Å². The van der Waals surface area contributed by atoms with Crippen molar-refractivity contribution < 1.29 is 13.5 Å². The number of rotatable bonds is 5. The van der Waals surface area contributed by atoms with Gasteiger partial charge in [0, 0.05) is 16.1 Å². The third-order valence-electron chi connectivity index (χ3n) is 3.32. The standard InChI is InChI=1S/C15H15NO3S3/c1-15(17,10-16-22(18,19)14-7-4-8-20-14)13-9-11-5-2-3-6-12(11)21-13/h2-9,16-17H,10H2,1H3. The Hall–Kier alpha value is -1.25. The van der Waals surface area contributed by atoms with Crippen LogP contribution < -0.4 is 4.72 Å². The Morgan fingerprint density at radius 3 is 2.68 bits per heavy atom. The van der Waals surface area contributed by atoms with Crippen LogP contribution in [0.15, 0.2) is 52.1 Å². The summed E-state index contributed by atoms with van der Waals surface area (Å²) < 4.78 is 28.1. The smallest absolute Gasteiger partial charge is 0.250 e. The van der Waals surface area contributed by atoms with Crippen LogP contribution in [0.4, 0.5) is 0 Å². The second-order valence-electron chi connectivity index (χ2n) is 5.18. The molecule has 0 radical (unpaired) electrons. The highest BCUT2D eigenvalue weighted by atomic mass is 32.2. The van der Waals surface area contributed by atoms with Crippen molar-refractivity contribution in [2.24, 2.45) is 0 Å². The summed E-state index contributed by atoms with van der Waals surface area (Å²) in [6.45, 7) is 1.55. The van der Waals surface area contributed by atoms with Crippen molar-refractivity contribution in [1.82, 2.24) is 4.72 Å². The molecule has 2 aromatic heterocycles. The Balaban J connectivity index is 1.81. The second-order valence-corrected chi connectivity index (χ2v) is 9.20. The minimum absolute atomic E-state index is 0.0694. The van der Waals surface area contributed by atoms with E-state index in [0.29, 0.717) is 0 Å². The first-order valence-electron chi connectivity index (χ1n) is 6.63. The fourth-order valence-electron chi connectivity index (χ4n) is 2.06. The zero-order valence-electron chi connectivity index (χ0n) is 11.8. The normalized spacial score (nSPS) is 15.0. The highest BCUT2D eigenvalue weighted by Gasteiger charge is 2.28. The molecule has 4 nitrogen and oxygen atoms in total. The quantitative estimate of drug-likeness (QED) is 0.740. The van der Waals surface area contributed by atoms with Gasteiger partial charge in [-0.1, -0.05) is 24.3 Å². The molecule has 0 amide bonds. The Morgan fingerprint density at radius 2 is 2.00 bits per heavy atom. The van der Waals surface area contributed by atoms with E-state index in [1.807, 2.05) is 30.3 Å². The van der Waals surface area contributed by atoms with Crippen LogP contribution >= 0.6 is 22.7 Å². The second kappa shape index (κ2) is 5.75. The predicted octanol–water partition coefficient (Wildman–Crippen LogP) is 3.15. The zero-order valence-corrected chi connectivity index (χ0v) is 14.3. The van der Waals surface area contributed by atoms with E-state index in [-0.39, 0.29) is 10.8 Å². The van der Waals surface area contributed by atoms with Crippen molar-refractivity contribution >= 4 is 42.8 Å². The van der Waals surface area contributed by atoms with Gasteiger partial charge in [0.25, 0.3) is 0 Å². The summed E-state index contributed by atoms with van der Waals surface area (Å²) in [7, 11) is -3.58. The first-order valence-corrected chi connectivity index (χ1v) is 9.81. The van der Waals surface area contributed by atoms with E-state index < -0.39 is 15.6 Å². The van der Waals surface area contributed by atoms with Crippen LogP contribution in [0, 0.1) is 0 Å². The highest BCUT2D eigenvalue weighted by Crippen LogP contribution is 2.33. The number of aliphatic hydroxyl groups is 1. The van der Waals surface area contributed by atoms with Gasteiger partial charge in [0.2, 0.25) is 10.0 Å². The van der Waals surface area contributed by atoms with Crippen molar-refractivity contribution in [3.8, 4) is 0 Å². The number of hydrogen-bond acceptors (Lipinski definition) is 5. The van der Waals surface area contributed by atoms with E-state index in [4.69, 9.17) is 0 Å². The lowest BCUT2D eigenvalue weighted by molar-refractivity contribution is 0.0667. The molecule has 0 saturated heterocycles. The highest BCUT2D eigenvalue weighted by molar-refractivity contribution is 7.91. The molecule has 22 heavy (non-hydrogen) atoms. The lowest BCUT2D eigenvalue weighted by Crippen LogP contribution is -2.37. The fraction of sp³-hybridized carbons (Fsp3) is 0.200. The maximum absolute atomic E-state index is 12.1. The predicted molar refractivity (Wildman–Crippen MR) is 90.9 cm³/mol. The van der Waals surface area contributed by atoms with Gasteiger partial charge in [0.1, 0.15) is 9.81 Å². The monoisotopic (exact) mass is 353 g/mol. The maximum Gasteiger partial charge on any atom is 0.250 e. The van der Waals surface area contributed by atoms with Gasteiger partial charge in [-0.2, -0.15) is 0 Å². The van der Waals surface area contributed by atoms with E-state index in [1.54, 1.807) is 24.4 Å². The average molecular weight is 353 g/mol. The minimum Gasteiger partial charge on any atom is -0.383 e. The molecule has 116 valence electrons. The van der Waals surface area contributed by atoms with Crippen LogP contribution in [0.5, 0.6) is 0 Å². The number of thiophene rings is 2. The Labute approximate surface area is 137 Å². The van der Waals surface area contributed by atoms with Gasteiger partial charge in [-0.05, 0) is 35.9 Å². The molecule has 3 aromatic rings. The van der Waals surface area contributed by atoms with Crippen molar-refractivity contribution in [3.63, 3.8) is 0 Å². The molecule has 0 aliphatic rings. The lowest BCUT2D eigenvalue weighted by Gasteiger charge is -2.22. The van der Waals surface area contributed by atoms with Gasteiger partial charge in [-0.3, -0.25) is 0 Å². The van der Waals surface area contributed by atoms with Crippen molar-refractivity contribution in [1.29, 1.82) is 0 Å². The summed E-state index contributed by atoms with van der Waals surface area (Å²) in [5, 5.41) is 13.4. The van der Waals surface area contributed by atoms with Crippen LogP contribution in [-0.2, 0) is 15.6 Å². The minimum atomic E-state index is -3.58. The summed E-state index contributed by atoms with van der Waals surface area (Å²) >= 11 is 2.62. The molecule has 1 aromatic carbocycles. The van der Waals surface area contributed by atoms with Crippen LogP contribution in [0.3, 0.4) is 0 Å². The van der Waals surface area contributed by atoms with Crippen LogP contribution in [0.1, 0.15) is 11.8 Å². The number of fused-ring (bicyclic) bond motifs is 1. The lowest BCUT2D eigenvalue weighted by atomic mass is 10.1.